The molecule has 0 heterocycles. The fraction of sp³-hybridized carbons (Fsp3) is 0.533. The van der Waals surface area contributed by atoms with Gasteiger partial charge in [-0.1, -0.05) is 6.07 Å². The first-order chi connectivity index (χ1) is 9.61. The number of amides is 1. The second-order valence-electron chi connectivity index (χ2n) is 5.18. The monoisotopic (exact) mass is 297 g/mol. The van der Waals surface area contributed by atoms with Crippen LogP contribution in [0.1, 0.15) is 36.0 Å². The topological polar surface area (TPSA) is 58.6 Å². The third-order valence-electron chi connectivity index (χ3n) is 3.79. The third kappa shape index (κ3) is 3.57. The van der Waals surface area contributed by atoms with Crippen LogP contribution in [0.2, 0.25) is 0 Å². The van der Waals surface area contributed by atoms with E-state index >= 15 is 0 Å². The fourth-order valence-electron chi connectivity index (χ4n) is 2.53. The van der Waals surface area contributed by atoms with E-state index in [0.717, 1.165) is 25.7 Å². The van der Waals surface area contributed by atoms with Crippen molar-refractivity contribution in [2.24, 2.45) is 5.92 Å². The van der Waals surface area contributed by atoms with Crippen LogP contribution in [0.4, 0.5) is 0 Å². The smallest absolute Gasteiger partial charge is 0.255 e. The number of carbonyl (C=O) groups is 1. The van der Waals surface area contributed by atoms with Gasteiger partial charge in [0.05, 0.1) is 12.7 Å². The summed E-state index contributed by atoms with van der Waals surface area (Å²) >= 11 is 6.06. The van der Waals surface area contributed by atoms with Gasteiger partial charge in [-0.2, -0.15) is 0 Å². The van der Waals surface area contributed by atoms with Crippen molar-refractivity contribution in [3.63, 3.8) is 0 Å². The van der Waals surface area contributed by atoms with Gasteiger partial charge in [0.2, 0.25) is 0 Å². The number of alkyl halides is 1. The van der Waals surface area contributed by atoms with Gasteiger partial charge in [-0.3, -0.25) is 4.79 Å². The number of benzene rings is 1. The van der Waals surface area contributed by atoms with Gasteiger partial charge in [0, 0.05) is 11.9 Å². The van der Waals surface area contributed by atoms with Crippen molar-refractivity contribution < 1.29 is 14.6 Å². The van der Waals surface area contributed by atoms with Crippen LogP contribution in [0.15, 0.2) is 18.2 Å². The van der Waals surface area contributed by atoms with E-state index in [1.165, 1.54) is 7.11 Å². The van der Waals surface area contributed by atoms with E-state index in [4.69, 9.17) is 16.3 Å². The van der Waals surface area contributed by atoms with Crippen molar-refractivity contribution in [2.45, 2.75) is 31.1 Å². The van der Waals surface area contributed by atoms with Crippen molar-refractivity contribution in [3.8, 4) is 11.5 Å². The van der Waals surface area contributed by atoms with Gasteiger partial charge in [0.1, 0.15) is 0 Å². The summed E-state index contributed by atoms with van der Waals surface area (Å²) in [5.41, 5.74) is 0.246. The normalized spacial score (nSPS) is 22.3. The molecule has 0 atom stereocenters. The lowest BCUT2D eigenvalue weighted by molar-refractivity contribution is 0.0940. The summed E-state index contributed by atoms with van der Waals surface area (Å²) in [5.74, 6) is 0.397. The van der Waals surface area contributed by atoms with Crippen LogP contribution in [0.3, 0.4) is 0 Å². The second kappa shape index (κ2) is 6.84. The van der Waals surface area contributed by atoms with Gasteiger partial charge in [-0.05, 0) is 43.7 Å². The molecule has 0 aromatic heterocycles. The predicted molar refractivity (Wildman–Crippen MR) is 78.6 cm³/mol. The summed E-state index contributed by atoms with van der Waals surface area (Å²) in [4.78, 5) is 12.1. The van der Waals surface area contributed by atoms with Crippen LogP contribution in [-0.4, -0.2) is 30.0 Å². The minimum absolute atomic E-state index is 0.114. The number of aromatic hydroxyl groups is 1. The van der Waals surface area contributed by atoms with Crippen LogP contribution in [0.5, 0.6) is 11.5 Å². The summed E-state index contributed by atoms with van der Waals surface area (Å²) in [7, 11) is 1.46. The van der Waals surface area contributed by atoms with E-state index in [1.807, 2.05) is 0 Å². The first-order valence-corrected chi connectivity index (χ1v) is 7.33. The maximum Gasteiger partial charge on any atom is 0.255 e. The number of hydrogen-bond acceptors (Lipinski definition) is 3. The van der Waals surface area contributed by atoms with Gasteiger partial charge in [-0.15, -0.1) is 11.6 Å². The van der Waals surface area contributed by atoms with Crippen LogP contribution in [0.25, 0.3) is 0 Å². The standard InChI is InChI=1S/C15H20ClNO3/c1-20-13-4-2-3-12(14(13)18)15(19)17-9-10-5-7-11(16)8-6-10/h2-4,10-11,18H,5-9H2,1H3,(H,17,19). The molecule has 110 valence electrons. The molecule has 0 saturated heterocycles. The van der Waals surface area contributed by atoms with Gasteiger partial charge in [0.15, 0.2) is 11.5 Å². The molecule has 0 spiro atoms. The molecule has 1 fully saturated rings. The lowest BCUT2D eigenvalue weighted by Crippen LogP contribution is -2.31. The maximum atomic E-state index is 12.1. The third-order valence-corrected chi connectivity index (χ3v) is 4.23. The Kier molecular flexibility index (Phi) is 5.12. The molecule has 0 unspecified atom stereocenters. The number of ether oxygens (including phenoxy) is 1. The van der Waals surface area contributed by atoms with E-state index in [-0.39, 0.29) is 22.6 Å². The lowest BCUT2D eigenvalue weighted by atomic mass is 9.89. The molecule has 2 rings (SSSR count). The Labute approximate surface area is 124 Å². The SMILES string of the molecule is COc1cccc(C(=O)NCC2CCC(Cl)CC2)c1O. The molecule has 1 saturated carbocycles. The van der Waals surface area contributed by atoms with E-state index in [0.29, 0.717) is 18.2 Å². The molecule has 0 radical (unpaired) electrons. The summed E-state index contributed by atoms with van der Waals surface area (Å²) in [6.45, 7) is 0.624. The lowest BCUT2D eigenvalue weighted by Gasteiger charge is -2.25. The van der Waals surface area contributed by atoms with Gasteiger partial charge >= 0.3 is 0 Å². The highest BCUT2D eigenvalue weighted by molar-refractivity contribution is 6.20. The minimum Gasteiger partial charge on any atom is -0.504 e. The molecule has 1 aromatic carbocycles. The molecular weight excluding hydrogens is 278 g/mol. The average molecular weight is 298 g/mol. The number of halogens is 1. The highest BCUT2D eigenvalue weighted by Crippen LogP contribution is 2.30. The molecular formula is C15H20ClNO3. The zero-order valence-electron chi connectivity index (χ0n) is 11.6. The summed E-state index contributed by atoms with van der Waals surface area (Å²) in [5, 5.41) is 13.1. The van der Waals surface area contributed by atoms with Crippen molar-refractivity contribution in [1.82, 2.24) is 5.32 Å². The van der Waals surface area contributed by atoms with Crippen molar-refractivity contribution in [2.75, 3.05) is 13.7 Å². The number of rotatable bonds is 4. The first kappa shape index (κ1) is 15.0. The first-order valence-electron chi connectivity index (χ1n) is 6.90. The Hall–Kier alpha value is -1.42. The number of hydrogen-bond donors (Lipinski definition) is 2. The van der Waals surface area contributed by atoms with Crippen LogP contribution in [-0.2, 0) is 0 Å². The molecule has 0 bridgehead atoms. The molecule has 1 aliphatic carbocycles. The highest BCUT2D eigenvalue weighted by atomic mass is 35.5. The highest BCUT2D eigenvalue weighted by Gasteiger charge is 2.21. The Morgan fingerprint density at radius 2 is 2.10 bits per heavy atom. The number of phenolic OH excluding ortho intramolecular Hbond substituents is 1. The zero-order chi connectivity index (χ0) is 14.5. The van der Waals surface area contributed by atoms with E-state index in [2.05, 4.69) is 5.32 Å². The number of nitrogens with one attached hydrogen (secondary N) is 1. The van der Waals surface area contributed by atoms with Gasteiger partial charge in [0.25, 0.3) is 5.91 Å². The summed E-state index contributed by atoms with van der Waals surface area (Å²) < 4.78 is 5.00. The predicted octanol–water partition coefficient (Wildman–Crippen LogP) is 2.93. The molecule has 0 aliphatic heterocycles. The quantitative estimate of drug-likeness (QED) is 0.840. The number of para-hydroxylation sites is 1. The molecule has 5 heteroatoms. The Morgan fingerprint density at radius 1 is 1.40 bits per heavy atom. The van der Waals surface area contributed by atoms with E-state index < -0.39 is 0 Å². The maximum absolute atomic E-state index is 12.1. The van der Waals surface area contributed by atoms with Gasteiger partial charge in [-0.25, -0.2) is 0 Å². The minimum atomic E-state index is -0.269. The molecule has 2 N–H and O–H groups in total. The van der Waals surface area contributed by atoms with Crippen molar-refractivity contribution in [1.29, 1.82) is 0 Å². The zero-order valence-corrected chi connectivity index (χ0v) is 12.3. The summed E-state index contributed by atoms with van der Waals surface area (Å²) in [6, 6.07) is 4.89. The average Bonchev–Trinajstić information content (AvgIpc) is 2.46. The molecule has 1 aliphatic rings. The second-order valence-corrected chi connectivity index (χ2v) is 5.80. The molecule has 1 amide bonds. The number of carbonyl (C=O) groups excluding carboxylic acids is 1. The summed E-state index contributed by atoms with van der Waals surface area (Å²) in [6.07, 6.45) is 4.09. The Bertz CT molecular complexity index is 470. The molecule has 20 heavy (non-hydrogen) atoms. The van der Waals surface area contributed by atoms with Crippen LogP contribution in [0, 0.1) is 5.92 Å². The number of methoxy groups -OCH3 is 1. The fourth-order valence-corrected chi connectivity index (χ4v) is 2.78. The van der Waals surface area contributed by atoms with E-state index in [1.54, 1.807) is 18.2 Å². The van der Waals surface area contributed by atoms with Gasteiger partial charge < -0.3 is 15.2 Å². The number of phenols is 1. The van der Waals surface area contributed by atoms with Crippen LogP contribution < -0.4 is 10.1 Å². The molecule has 4 nitrogen and oxygen atoms in total. The Morgan fingerprint density at radius 3 is 2.75 bits per heavy atom. The molecule has 1 aromatic rings. The largest absolute Gasteiger partial charge is 0.504 e. The van der Waals surface area contributed by atoms with Crippen molar-refractivity contribution in [3.05, 3.63) is 23.8 Å². The Balaban J connectivity index is 1.92. The van der Waals surface area contributed by atoms with E-state index in [9.17, 15) is 9.90 Å². The van der Waals surface area contributed by atoms with Crippen molar-refractivity contribution >= 4 is 17.5 Å². The van der Waals surface area contributed by atoms with Crippen LogP contribution >= 0.6 is 11.6 Å².